The normalized spacial score (nSPS) is 25.4. The van der Waals surface area contributed by atoms with Crippen LogP contribution in [0.25, 0.3) is 0 Å². The molecule has 0 spiro atoms. The second-order valence-electron chi connectivity index (χ2n) is 3.76. The van der Waals surface area contributed by atoms with Crippen molar-refractivity contribution in [2.24, 2.45) is 5.92 Å². The summed E-state index contributed by atoms with van der Waals surface area (Å²) in [5.74, 6) is -1.83. The second kappa shape index (κ2) is 5.76. The predicted molar refractivity (Wildman–Crippen MR) is 60.7 cm³/mol. The van der Waals surface area contributed by atoms with Crippen LogP contribution in [0.1, 0.15) is 13.8 Å². The summed E-state index contributed by atoms with van der Waals surface area (Å²) in [6.45, 7) is 4.00. The van der Waals surface area contributed by atoms with Gasteiger partial charge in [0, 0.05) is 13.1 Å². The Morgan fingerprint density at radius 2 is 2.12 bits per heavy atom. The van der Waals surface area contributed by atoms with E-state index in [1.807, 2.05) is 0 Å². The quantitative estimate of drug-likeness (QED) is 0.660. The van der Waals surface area contributed by atoms with Gasteiger partial charge in [-0.25, -0.2) is 4.72 Å². The molecule has 100 valence electrons. The Labute approximate surface area is 101 Å². The number of likely N-dealkylation sites (N-methyl/N-ethyl adjacent to an activating group) is 1. The summed E-state index contributed by atoms with van der Waals surface area (Å²) in [6.07, 6.45) is 0. The van der Waals surface area contributed by atoms with E-state index in [2.05, 4.69) is 4.72 Å². The molecule has 1 rings (SSSR count). The predicted octanol–water partition coefficient (Wildman–Crippen LogP) is -0.738. The number of aliphatic carboxylic acids is 1. The fraction of sp³-hybridized carbons (Fsp3) is 0.889. The average Bonchev–Trinajstić information content (AvgIpc) is 2.66. The number of rotatable bonds is 6. The number of carboxylic acids is 1. The molecule has 7 nitrogen and oxygen atoms in total. The summed E-state index contributed by atoms with van der Waals surface area (Å²) in [4.78, 5) is 11.0. The Bertz CT molecular complexity index is 370. The minimum absolute atomic E-state index is 0.0537. The van der Waals surface area contributed by atoms with E-state index < -0.39 is 28.1 Å². The monoisotopic (exact) mass is 266 g/mol. The first-order valence-electron chi connectivity index (χ1n) is 5.51. The largest absolute Gasteiger partial charge is 0.481 e. The molecule has 8 heteroatoms. The molecular formula is C9H18N2O5S. The zero-order valence-electron chi connectivity index (χ0n) is 9.92. The maximum absolute atomic E-state index is 11.9. The minimum atomic E-state index is -3.63. The summed E-state index contributed by atoms with van der Waals surface area (Å²) >= 11 is 0. The number of nitrogens with one attached hydrogen (secondary N) is 1. The molecule has 1 fully saturated rings. The molecule has 2 atom stereocenters. The topological polar surface area (TPSA) is 95.9 Å². The molecule has 0 radical (unpaired) electrons. The molecule has 0 aromatic rings. The Morgan fingerprint density at radius 1 is 1.47 bits per heavy atom. The molecule has 1 aliphatic rings. The van der Waals surface area contributed by atoms with Crippen molar-refractivity contribution in [3.05, 3.63) is 0 Å². The van der Waals surface area contributed by atoms with E-state index in [0.29, 0.717) is 0 Å². The number of hydrogen-bond donors (Lipinski definition) is 2. The first-order chi connectivity index (χ1) is 7.94. The van der Waals surface area contributed by atoms with Crippen LogP contribution in [0.5, 0.6) is 0 Å². The Balaban J connectivity index is 2.90. The van der Waals surface area contributed by atoms with E-state index in [1.54, 1.807) is 13.8 Å². The first kappa shape index (κ1) is 14.4. The van der Waals surface area contributed by atoms with Crippen LogP contribution in [0.4, 0.5) is 0 Å². The highest BCUT2D eigenvalue weighted by Gasteiger charge is 2.41. The smallest absolute Gasteiger partial charge is 0.310 e. The Hall–Kier alpha value is -0.700. The lowest BCUT2D eigenvalue weighted by atomic mass is 10.0. The molecule has 0 aromatic carbocycles. The van der Waals surface area contributed by atoms with Crippen LogP contribution >= 0.6 is 0 Å². The van der Waals surface area contributed by atoms with Gasteiger partial charge in [0.2, 0.25) is 0 Å². The van der Waals surface area contributed by atoms with Gasteiger partial charge in [-0.2, -0.15) is 12.7 Å². The third kappa shape index (κ3) is 3.15. The summed E-state index contributed by atoms with van der Waals surface area (Å²) in [5, 5.41) is 9.00. The average molecular weight is 266 g/mol. The molecule has 0 bridgehead atoms. The van der Waals surface area contributed by atoms with Crippen LogP contribution in [0.3, 0.4) is 0 Å². The SMILES string of the molecule is CCNS(=O)(=O)N(CC)C1COCC1C(=O)O. The third-order valence-electron chi connectivity index (χ3n) is 2.68. The number of hydrogen-bond acceptors (Lipinski definition) is 4. The summed E-state index contributed by atoms with van der Waals surface area (Å²) < 4.78 is 32.4. The molecule has 0 aliphatic carbocycles. The van der Waals surface area contributed by atoms with E-state index in [1.165, 1.54) is 0 Å². The van der Waals surface area contributed by atoms with Gasteiger partial charge in [0.15, 0.2) is 0 Å². The van der Waals surface area contributed by atoms with E-state index >= 15 is 0 Å². The van der Waals surface area contributed by atoms with Gasteiger partial charge in [0.25, 0.3) is 10.2 Å². The van der Waals surface area contributed by atoms with Gasteiger partial charge in [-0.1, -0.05) is 13.8 Å². The standard InChI is InChI=1S/C9H18N2O5S/c1-3-10-17(14,15)11(4-2)8-6-16-5-7(8)9(12)13/h7-8,10H,3-6H2,1-2H3,(H,12,13). The summed E-state index contributed by atoms with van der Waals surface area (Å²) in [6, 6.07) is -0.637. The molecule has 1 saturated heterocycles. The number of ether oxygens (including phenoxy) is 1. The van der Waals surface area contributed by atoms with Gasteiger partial charge < -0.3 is 9.84 Å². The fourth-order valence-corrected chi connectivity index (χ4v) is 3.35. The van der Waals surface area contributed by atoms with E-state index in [4.69, 9.17) is 9.84 Å². The lowest BCUT2D eigenvalue weighted by Crippen LogP contribution is -2.50. The molecule has 0 saturated carbocycles. The zero-order valence-corrected chi connectivity index (χ0v) is 10.7. The van der Waals surface area contributed by atoms with Crippen LogP contribution < -0.4 is 4.72 Å². The van der Waals surface area contributed by atoms with Crippen LogP contribution in [0.2, 0.25) is 0 Å². The molecule has 0 aromatic heterocycles. The van der Waals surface area contributed by atoms with Gasteiger partial charge >= 0.3 is 5.97 Å². The summed E-state index contributed by atoms with van der Waals surface area (Å²) in [5.41, 5.74) is 0. The molecule has 0 amide bonds. The maximum Gasteiger partial charge on any atom is 0.310 e. The highest BCUT2D eigenvalue weighted by molar-refractivity contribution is 7.87. The van der Waals surface area contributed by atoms with Crippen molar-refractivity contribution >= 4 is 16.2 Å². The molecule has 17 heavy (non-hydrogen) atoms. The van der Waals surface area contributed by atoms with Crippen LogP contribution in [-0.4, -0.2) is 56.1 Å². The summed E-state index contributed by atoms with van der Waals surface area (Å²) in [7, 11) is -3.63. The minimum Gasteiger partial charge on any atom is -0.481 e. The van der Waals surface area contributed by atoms with Crippen molar-refractivity contribution in [2.45, 2.75) is 19.9 Å². The molecular weight excluding hydrogens is 248 g/mol. The van der Waals surface area contributed by atoms with Gasteiger partial charge in [0.1, 0.15) is 0 Å². The molecule has 1 heterocycles. The van der Waals surface area contributed by atoms with Crippen molar-refractivity contribution in [3.63, 3.8) is 0 Å². The van der Waals surface area contributed by atoms with Crippen molar-refractivity contribution in [1.29, 1.82) is 0 Å². The van der Waals surface area contributed by atoms with Crippen LogP contribution in [0, 0.1) is 5.92 Å². The Kier molecular flexibility index (Phi) is 4.87. The van der Waals surface area contributed by atoms with E-state index in [9.17, 15) is 13.2 Å². The van der Waals surface area contributed by atoms with Crippen molar-refractivity contribution in [1.82, 2.24) is 9.03 Å². The Morgan fingerprint density at radius 3 is 2.59 bits per heavy atom. The number of carboxylic acid groups (broad SMARTS) is 1. The van der Waals surface area contributed by atoms with Gasteiger partial charge in [-0.05, 0) is 0 Å². The van der Waals surface area contributed by atoms with E-state index in [-0.39, 0.29) is 26.3 Å². The van der Waals surface area contributed by atoms with Crippen molar-refractivity contribution in [2.75, 3.05) is 26.3 Å². The third-order valence-corrected chi connectivity index (χ3v) is 4.48. The number of nitrogens with zero attached hydrogens (tertiary/aromatic N) is 1. The number of carbonyl (C=O) groups is 1. The van der Waals surface area contributed by atoms with Gasteiger partial charge in [0.05, 0.1) is 25.2 Å². The molecule has 2 unspecified atom stereocenters. The van der Waals surface area contributed by atoms with Crippen molar-refractivity contribution < 1.29 is 23.1 Å². The lowest BCUT2D eigenvalue weighted by Gasteiger charge is -2.28. The van der Waals surface area contributed by atoms with Crippen molar-refractivity contribution in [3.8, 4) is 0 Å². The molecule has 2 N–H and O–H groups in total. The lowest BCUT2D eigenvalue weighted by molar-refractivity contribution is -0.142. The maximum atomic E-state index is 11.9. The first-order valence-corrected chi connectivity index (χ1v) is 6.95. The fourth-order valence-electron chi connectivity index (χ4n) is 1.91. The van der Waals surface area contributed by atoms with Crippen LogP contribution in [0.15, 0.2) is 0 Å². The highest BCUT2D eigenvalue weighted by Crippen LogP contribution is 2.21. The van der Waals surface area contributed by atoms with Gasteiger partial charge in [-0.15, -0.1) is 0 Å². The highest BCUT2D eigenvalue weighted by atomic mass is 32.2. The van der Waals surface area contributed by atoms with E-state index in [0.717, 1.165) is 4.31 Å². The molecule has 1 aliphatic heterocycles. The second-order valence-corrected chi connectivity index (χ2v) is 5.46. The zero-order chi connectivity index (χ0) is 13.1. The van der Waals surface area contributed by atoms with Gasteiger partial charge in [-0.3, -0.25) is 4.79 Å². The van der Waals surface area contributed by atoms with Crippen LogP contribution in [-0.2, 0) is 19.7 Å².